The van der Waals surface area contributed by atoms with Crippen molar-refractivity contribution in [2.24, 2.45) is 4.99 Å². The first-order chi connectivity index (χ1) is 7.17. The van der Waals surface area contributed by atoms with Gasteiger partial charge in [-0.25, -0.2) is 8.78 Å². The number of aliphatic hydroxyl groups excluding tert-OH is 1. The number of hydrogen-bond donors (Lipinski definition) is 2. The van der Waals surface area contributed by atoms with Gasteiger partial charge in [0.25, 0.3) is 0 Å². The van der Waals surface area contributed by atoms with Crippen molar-refractivity contribution in [2.45, 2.75) is 35.2 Å². The van der Waals surface area contributed by atoms with Crippen LogP contribution in [0.3, 0.4) is 0 Å². The van der Waals surface area contributed by atoms with Crippen LogP contribution < -0.4 is 5.32 Å². The third kappa shape index (κ3) is 1.85. The third-order valence-electron chi connectivity index (χ3n) is 2.90. The molecule has 0 bridgehead atoms. The minimum atomic E-state index is -1.44. The summed E-state index contributed by atoms with van der Waals surface area (Å²) in [7, 11) is 1.73. The van der Waals surface area contributed by atoms with Crippen LogP contribution in [0.4, 0.5) is 8.78 Å². The smallest absolute Gasteiger partial charge is 0.150 e. The molecule has 0 aromatic heterocycles. The number of rotatable bonds is 1. The average Bonchev–Trinajstić information content (AvgIpc) is 2.66. The van der Waals surface area contributed by atoms with E-state index in [-0.39, 0.29) is 5.25 Å². The van der Waals surface area contributed by atoms with Crippen molar-refractivity contribution in [3.8, 4) is 0 Å². The van der Waals surface area contributed by atoms with E-state index in [0.717, 1.165) is 5.84 Å². The number of hydrogen-bond acceptors (Lipinski definition) is 4. The van der Waals surface area contributed by atoms with E-state index in [1.54, 1.807) is 7.05 Å². The summed E-state index contributed by atoms with van der Waals surface area (Å²) in [6.45, 7) is -0.690. The molecule has 2 heterocycles. The molecule has 3 nitrogen and oxygen atoms in total. The van der Waals surface area contributed by atoms with E-state index in [1.165, 1.54) is 11.8 Å². The SMILES string of the molecule is CNC1=N[C@@H]2[C@@H](F)[C@H](O)[C@@H](CF)S[C@@H]2C1. The van der Waals surface area contributed by atoms with Crippen molar-refractivity contribution in [2.75, 3.05) is 13.7 Å². The Labute approximate surface area is 91.3 Å². The van der Waals surface area contributed by atoms with Crippen LogP contribution in [0.25, 0.3) is 0 Å². The van der Waals surface area contributed by atoms with Gasteiger partial charge in [-0.05, 0) is 0 Å². The minimum Gasteiger partial charge on any atom is -0.389 e. The number of nitrogens with zero attached hydrogens (tertiary/aromatic N) is 1. The molecule has 1 fully saturated rings. The van der Waals surface area contributed by atoms with Crippen LogP contribution >= 0.6 is 11.8 Å². The second kappa shape index (κ2) is 4.25. The van der Waals surface area contributed by atoms with Gasteiger partial charge >= 0.3 is 0 Å². The zero-order valence-corrected chi connectivity index (χ0v) is 9.18. The summed E-state index contributed by atoms with van der Waals surface area (Å²) in [6, 6.07) is -0.518. The molecule has 86 valence electrons. The Kier molecular flexibility index (Phi) is 3.16. The molecule has 0 unspecified atom stereocenters. The first-order valence-corrected chi connectivity index (χ1v) is 5.89. The Morgan fingerprint density at radius 1 is 1.67 bits per heavy atom. The predicted octanol–water partition coefficient (Wildman–Crippen LogP) is 0.529. The standard InChI is InChI=1S/C9H14F2N2OS/c1-12-6-2-4-8(13-6)7(11)9(14)5(3-10)15-4/h4-5,7-9,14H,2-3H2,1H3,(H,12,13)/t4-,5-,7-,8+,9-/m1/s1. The number of halogens is 2. The normalized spacial score (nSPS) is 44.8. The third-order valence-corrected chi connectivity index (χ3v) is 4.45. The second-order valence-corrected chi connectivity index (χ2v) is 5.31. The van der Waals surface area contributed by atoms with Gasteiger partial charge < -0.3 is 10.4 Å². The number of aliphatic hydroxyl groups is 1. The van der Waals surface area contributed by atoms with Crippen LogP contribution in [-0.4, -0.2) is 53.5 Å². The summed E-state index contributed by atoms with van der Waals surface area (Å²) in [5.74, 6) is 0.742. The van der Waals surface area contributed by atoms with Crippen molar-refractivity contribution in [3.63, 3.8) is 0 Å². The largest absolute Gasteiger partial charge is 0.389 e. The summed E-state index contributed by atoms with van der Waals surface area (Å²) in [5, 5.41) is 11.7. The Morgan fingerprint density at radius 3 is 3.00 bits per heavy atom. The highest BCUT2D eigenvalue weighted by Crippen LogP contribution is 2.40. The maximum absolute atomic E-state index is 13.7. The van der Waals surface area contributed by atoms with Crippen LogP contribution in [0.1, 0.15) is 6.42 Å². The molecule has 0 aromatic carbocycles. The lowest BCUT2D eigenvalue weighted by atomic mass is 10.0. The van der Waals surface area contributed by atoms with Crippen molar-refractivity contribution >= 4 is 17.6 Å². The topological polar surface area (TPSA) is 44.6 Å². The van der Waals surface area contributed by atoms with Gasteiger partial charge in [-0.2, -0.15) is 0 Å². The summed E-state index contributed by atoms with van der Waals surface area (Å²) in [6.07, 6.45) is -2.04. The van der Waals surface area contributed by atoms with E-state index >= 15 is 0 Å². The molecule has 6 heteroatoms. The minimum absolute atomic E-state index is 0.0356. The molecule has 0 radical (unpaired) electrons. The van der Waals surface area contributed by atoms with E-state index in [2.05, 4.69) is 10.3 Å². The number of amidine groups is 1. The second-order valence-electron chi connectivity index (χ2n) is 3.82. The van der Waals surface area contributed by atoms with E-state index in [9.17, 15) is 13.9 Å². The van der Waals surface area contributed by atoms with Crippen molar-refractivity contribution in [1.82, 2.24) is 5.32 Å². The fraction of sp³-hybridized carbons (Fsp3) is 0.889. The summed E-state index contributed by atoms with van der Waals surface area (Å²) < 4.78 is 26.3. The Hall–Kier alpha value is -0.360. The van der Waals surface area contributed by atoms with Crippen molar-refractivity contribution < 1.29 is 13.9 Å². The lowest BCUT2D eigenvalue weighted by molar-refractivity contribution is 0.0511. The molecule has 0 aliphatic carbocycles. The van der Waals surface area contributed by atoms with Gasteiger partial charge in [-0.15, -0.1) is 11.8 Å². The van der Waals surface area contributed by atoms with Crippen LogP contribution in [0, 0.1) is 0 Å². The molecule has 15 heavy (non-hydrogen) atoms. The van der Waals surface area contributed by atoms with Crippen LogP contribution in [0.5, 0.6) is 0 Å². The monoisotopic (exact) mass is 236 g/mol. The average molecular weight is 236 g/mol. The van der Waals surface area contributed by atoms with Crippen LogP contribution in [0.2, 0.25) is 0 Å². The van der Waals surface area contributed by atoms with Crippen molar-refractivity contribution in [1.29, 1.82) is 0 Å². The molecule has 0 aromatic rings. The van der Waals surface area contributed by atoms with E-state index < -0.39 is 30.2 Å². The van der Waals surface area contributed by atoms with Gasteiger partial charge in [0.1, 0.15) is 12.8 Å². The first kappa shape index (κ1) is 11.1. The predicted molar refractivity (Wildman–Crippen MR) is 56.9 cm³/mol. The first-order valence-electron chi connectivity index (χ1n) is 4.95. The Bertz CT molecular complexity index is 277. The molecule has 2 aliphatic rings. The van der Waals surface area contributed by atoms with Gasteiger partial charge in [0.15, 0.2) is 6.17 Å². The summed E-state index contributed by atoms with van der Waals surface area (Å²) >= 11 is 1.31. The Balaban J connectivity index is 2.12. The zero-order valence-electron chi connectivity index (χ0n) is 8.36. The highest BCUT2D eigenvalue weighted by Gasteiger charge is 2.47. The maximum atomic E-state index is 13.7. The molecular formula is C9H14F2N2OS. The molecule has 5 atom stereocenters. The van der Waals surface area contributed by atoms with Gasteiger partial charge in [0, 0.05) is 18.7 Å². The number of thioether (sulfide) groups is 1. The molecule has 2 rings (SSSR count). The fourth-order valence-corrected chi connectivity index (χ4v) is 3.50. The number of nitrogens with one attached hydrogen (secondary N) is 1. The lowest BCUT2D eigenvalue weighted by Gasteiger charge is -2.35. The molecule has 0 amide bonds. The molecule has 2 aliphatic heterocycles. The van der Waals surface area contributed by atoms with Crippen LogP contribution in [0.15, 0.2) is 4.99 Å². The van der Waals surface area contributed by atoms with E-state index in [4.69, 9.17) is 0 Å². The highest BCUT2D eigenvalue weighted by atomic mass is 32.2. The van der Waals surface area contributed by atoms with Crippen molar-refractivity contribution in [3.05, 3.63) is 0 Å². The Morgan fingerprint density at radius 2 is 2.40 bits per heavy atom. The molecule has 0 spiro atoms. The quantitative estimate of drug-likeness (QED) is 0.698. The van der Waals surface area contributed by atoms with Gasteiger partial charge in [-0.3, -0.25) is 4.99 Å². The zero-order chi connectivity index (χ0) is 11.0. The van der Waals surface area contributed by atoms with E-state index in [0.29, 0.717) is 6.42 Å². The van der Waals surface area contributed by atoms with Gasteiger partial charge in [0.05, 0.1) is 17.1 Å². The maximum Gasteiger partial charge on any atom is 0.150 e. The molecular weight excluding hydrogens is 222 g/mol. The van der Waals surface area contributed by atoms with Gasteiger partial charge in [-0.1, -0.05) is 0 Å². The number of aliphatic imine (C=N–C) groups is 1. The molecule has 1 saturated heterocycles. The van der Waals surface area contributed by atoms with Crippen LogP contribution in [-0.2, 0) is 0 Å². The summed E-state index contributed by atoms with van der Waals surface area (Å²) in [4.78, 5) is 4.16. The summed E-state index contributed by atoms with van der Waals surface area (Å²) in [5.41, 5.74) is 0. The number of fused-ring (bicyclic) bond motifs is 1. The highest BCUT2D eigenvalue weighted by molar-refractivity contribution is 8.00. The van der Waals surface area contributed by atoms with E-state index in [1.807, 2.05) is 0 Å². The molecule has 0 saturated carbocycles. The van der Waals surface area contributed by atoms with Gasteiger partial charge in [0.2, 0.25) is 0 Å². The molecule has 2 N–H and O–H groups in total. The number of alkyl halides is 2. The fourth-order valence-electron chi connectivity index (χ4n) is 2.04. The lowest BCUT2D eigenvalue weighted by Crippen LogP contribution is -2.49.